The zero-order valence-electron chi connectivity index (χ0n) is 10.4. The second kappa shape index (κ2) is 2.83. The highest BCUT2D eigenvalue weighted by Gasteiger charge is 2.50. The van der Waals surface area contributed by atoms with Crippen molar-refractivity contribution >= 4 is 23.8 Å². The summed E-state index contributed by atoms with van der Waals surface area (Å²) in [5.41, 5.74) is 5.34. The average molecular weight is 244 g/mol. The van der Waals surface area contributed by atoms with Crippen molar-refractivity contribution in [2.24, 2.45) is 5.41 Å². The molecule has 19 heavy (non-hydrogen) atoms. The topological polar surface area (TPSA) is 20.2 Å². The molecule has 0 aliphatic heterocycles. The highest BCUT2D eigenvalue weighted by molar-refractivity contribution is 5.93. The van der Waals surface area contributed by atoms with Gasteiger partial charge in [-0.2, -0.15) is 0 Å². The smallest absolute Gasteiger partial charge is 0.0938 e. The van der Waals surface area contributed by atoms with Gasteiger partial charge < -0.3 is 5.11 Å². The third kappa shape index (κ3) is 1.03. The molecule has 1 heteroatoms. The highest BCUT2D eigenvalue weighted by atomic mass is 16.3. The van der Waals surface area contributed by atoms with Crippen molar-refractivity contribution in [3.8, 4) is 0 Å². The predicted octanol–water partition coefficient (Wildman–Crippen LogP) is 2.44. The van der Waals surface area contributed by atoms with E-state index in [1.54, 1.807) is 0 Å². The van der Waals surface area contributed by atoms with Gasteiger partial charge in [-0.05, 0) is 44.9 Å². The number of fused-ring (bicyclic) bond motifs is 4. The predicted molar refractivity (Wildman–Crippen MR) is 77.5 cm³/mol. The second-order valence-corrected chi connectivity index (χ2v) is 5.69. The van der Waals surface area contributed by atoms with E-state index in [9.17, 15) is 5.11 Å². The third-order valence-corrected chi connectivity index (χ3v) is 4.67. The summed E-state index contributed by atoms with van der Waals surface area (Å²) in [5, 5.41) is 12.5. The monoisotopic (exact) mass is 244 g/mol. The number of allylic oxidation sites excluding steroid dienone is 7. The van der Waals surface area contributed by atoms with Crippen LogP contribution in [0, 0.1) is 5.41 Å². The summed E-state index contributed by atoms with van der Waals surface area (Å²) < 4.78 is 0. The Hall–Kier alpha value is -2.28. The fraction of sp³-hybridized carbons (Fsp3) is 0.111. The number of hydrogen-bond acceptors (Lipinski definition) is 1. The fourth-order valence-corrected chi connectivity index (χ4v) is 3.66. The van der Waals surface area contributed by atoms with Gasteiger partial charge in [0.05, 0.1) is 5.76 Å². The van der Waals surface area contributed by atoms with Crippen molar-refractivity contribution in [3.63, 3.8) is 0 Å². The van der Waals surface area contributed by atoms with Crippen molar-refractivity contribution in [1.82, 2.24) is 0 Å². The Bertz CT molecular complexity index is 890. The molecule has 1 aromatic rings. The molecular formula is C18H12O. The number of aliphatic hydroxyl groups is 1. The maximum Gasteiger partial charge on any atom is 0.0938 e. The molecule has 0 aromatic heterocycles. The summed E-state index contributed by atoms with van der Waals surface area (Å²) in [5.74, 6) is 0.487. The number of rotatable bonds is 0. The van der Waals surface area contributed by atoms with Crippen LogP contribution in [0.4, 0.5) is 0 Å². The van der Waals surface area contributed by atoms with Crippen LogP contribution in [0.2, 0.25) is 0 Å². The molecule has 1 atom stereocenters. The van der Waals surface area contributed by atoms with E-state index in [-0.39, 0.29) is 5.41 Å². The van der Waals surface area contributed by atoms with Crippen molar-refractivity contribution in [2.45, 2.75) is 6.42 Å². The van der Waals surface area contributed by atoms with Crippen molar-refractivity contribution in [1.29, 1.82) is 0 Å². The van der Waals surface area contributed by atoms with Crippen molar-refractivity contribution in [2.75, 3.05) is 0 Å². The van der Waals surface area contributed by atoms with E-state index in [1.807, 2.05) is 6.08 Å². The first kappa shape index (κ1) is 9.62. The Morgan fingerprint density at radius 2 is 2.00 bits per heavy atom. The lowest BCUT2D eigenvalue weighted by molar-refractivity contribution is 0.368. The zero-order valence-corrected chi connectivity index (χ0v) is 10.4. The average Bonchev–Trinajstić information content (AvgIpc) is 2.87. The number of aliphatic hydroxyl groups excluding tert-OH is 1. The van der Waals surface area contributed by atoms with E-state index < -0.39 is 0 Å². The van der Waals surface area contributed by atoms with Crippen LogP contribution in [0.25, 0.3) is 23.8 Å². The van der Waals surface area contributed by atoms with Gasteiger partial charge in [0.25, 0.3) is 0 Å². The fourth-order valence-electron chi connectivity index (χ4n) is 3.66. The minimum Gasteiger partial charge on any atom is -0.512 e. The maximum absolute atomic E-state index is 9.80. The maximum atomic E-state index is 9.80. The van der Waals surface area contributed by atoms with Crippen LogP contribution in [0.15, 0.2) is 47.8 Å². The van der Waals surface area contributed by atoms with E-state index in [0.717, 1.165) is 6.42 Å². The number of hydrogen-bond donors (Lipinski definition) is 1. The molecule has 1 unspecified atom stereocenters. The van der Waals surface area contributed by atoms with Gasteiger partial charge in [-0.15, -0.1) is 0 Å². The first-order valence-electron chi connectivity index (χ1n) is 6.65. The van der Waals surface area contributed by atoms with Crippen molar-refractivity contribution < 1.29 is 5.11 Å². The van der Waals surface area contributed by atoms with E-state index in [0.29, 0.717) is 5.76 Å². The van der Waals surface area contributed by atoms with Crippen LogP contribution in [0.5, 0.6) is 0 Å². The molecule has 1 nitrogen and oxygen atoms in total. The summed E-state index contributed by atoms with van der Waals surface area (Å²) in [7, 11) is 0. The Morgan fingerprint density at radius 3 is 2.95 bits per heavy atom. The van der Waals surface area contributed by atoms with Crippen molar-refractivity contribution in [3.05, 3.63) is 69.3 Å². The SMILES string of the molecule is OC1=CC=C2c3ccc4c(c3=CC3=CC32C1)=CC=C4. The molecule has 0 saturated heterocycles. The molecule has 1 spiro atoms. The molecule has 5 rings (SSSR count). The van der Waals surface area contributed by atoms with Gasteiger partial charge in [-0.1, -0.05) is 42.5 Å². The second-order valence-electron chi connectivity index (χ2n) is 5.69. The molecule has 1 N–H and O–H groups in total. The molecule has 0 heterocycles. The Kier molecular flexibility index (Phi) is 1.43. The van der Waals surface area contributed by atoms with E-state index in [4.69, 9.17) is 0 Å². The summed E-state index contributed by atoms with van der Waals surface area (Å²) in [6.45, 7) is 0. The first-order valence-corrected chi connectivity index (χ1v) is 6.65. The number of benzene rings is 1. The van der Waals surface area contributed by atoms with Gasteiger partial charge in [0.1, 0.15) is 0 Å². The lowest BCUT2D eigenvalue weighted by atomic mass is 9.75. The van der Waals surface area contributed by atoms with Crippen LogP contribution < -0.4 is 10.4 Å². The van der Waals surface area contributed by atoms with Gasteiger partial charge >= 0.3 is 0 Å². The normalized spacial score (nSPS) is 27.7. The molecule has 0 saturated carbocycles. The molecule has 4 aliphatic rings. The minimum atomic E-state index is 0.00605. The van der Waals surface area contributed by atoms with E-state index >= 15 is 0 Å². The van der Waals surface area contributed by atoms with Gasteiger partial charge in [-0.3, -0.25) is 0 Å². The Balaban J connectivity index is 1.90. The van der Waals surface area contributed by atoms with E-state index in [2.05, 4.69) is 48.6 Å². The van der Waals surface area contributed by atoms with Crippen LogP contribution in [-0.4, -0.2) is 5.11 Å². The highest BCUT2D eigenvalue weighted by Crippen LogP contribution is 2.60. The molecule has 0 bridgehead atoms. The third-order valence-electron chi connectivity index (χ3n) is 4.67. The van der Waals surface area contributed by atoms with Gasteiger partial charge in [0.15, 0.2) is 0 Å². The Labute approximate surface area is 110 Å². The summed E-state index contributed by atoms with van der Waals surface area (Å²) in [6, 6.07) is 4.42. The standard InChI is InChI=1S/C18H12O/c19-13-5-7-17-15-6-4-11-2-1-3-14(11)16(15)8-12-9-18(12,17)10-13/h1-9,19H,10H2. The molecule has 4 aliphatic carbocycles. The molecule has 90 valence electrons. The lowest BCUT2D eigenvalue weighted by Crippen LogP contribution is -2.34. The molecular weight excluding hydrogens is 232 g/mol. The summed E-state index contributed by atoms with van der Waals surface area (Å²) in [4.78, 5) is 0. The van der Waals surface area contributed by atoms with Gasteiger partial charge in [0.2, 0.25) is 0 Å². The molecule has 0 amide bonds. The molecule has 0 radical (unpaired) electrons. The first-order chi connectivity index (χ1) is 9.28. The van der Waals surface area contributed by atoms with Crippen LogP contribution in [0.1, 0.15) is 17.5 Å². The van der Waals surface area contributed by atoms with Crippen LogP contribution >= 0.6 is 0 Å². The van der Waals surface area contributed by atoms with Gasteiger partial charge in [0, 0.05) is 11.8 Å². The van der Waals surface area contributed by atoms with E-state index in [1.165, 1.54) is 32.7 Å². The molecule has 1 aromatic carbocycles. The van der Waals surface area contributed by atoms with Crippen LogP contribution in [0.3, 0.4) is 0 Å². The Morgan fingerprint density at radius 1 is 1.05 bits per heavy atom. The minimum absolute atomic E-state index is 0.00605. The zero-order chi connectivity index (χ0) is 12.6. The van der Waals surface area contributed by atoms with Crippen LogP contribution in [-0.2, 0) is 0 Å². The largest absolute Gasteiger partial charge is 0.512 e. The summed E-state index contributed by atoms with van der Waals surface area (Å²) in [6.07, 6.45) is 15.7. The summed E-state index contributed by atoms with van der Waals surface area (Å²) >= 11 is 0. The quantitative estimate of drug-likeness (QED) is 0.743. The van der Waals surface area contributed by atoms with Gasteiger partial charge in [-0.25, -0.2) is 0 Å². The lowest BCUT2D eigenvalue weighted by Gasteiger charge is -2.28. The molecule has 0 fully saturated rings.